The molecule has 0 aliphatic heterocycles. The summed E-state index contributed by atoms with van der Waals surface area (Å²) >= 11 is 1.65. The van der Waals surface area contributed by atoms with E-state index in [0.717, 1.165) is 10.4 Å². The molecule has 0 saturated carbocycles. The second-order valence-corrected chi connectivity index (χ2v) is 6.67. The van der Waals surface area contributed by atoms with Gasteiger partial charge in [0.15, 0.2) is 11.5 Å². The highest BCUT2D eigenvalue weighted by atomic mass is 32.1. The number of thiophene rings is 1. The van der Waals surface area contributed by atoms with Crippen molar-refractivity contribution in [3.63, 3.8) is 0 Å². The van der Waals surface area contributed by atoms with Gasteiger partial charge in [0.2, 0.25) is 0 Å². The lowest BCUT2D eigenvalue weighted by Gasteiger charge is -2.14. The van der Waals surface area contributed by atoms with Crippen molar-refractivity contribution >= 4 is 11.3 Å². The summed E-state index contributed by atoms with van der Waals surface area (Å²) in [5.74, 6) is 0.923. The van der Waals surface area contributed by atoms with E-state index in [-0.39, 0.29) is 18.5 Å². The Morgan fingerprint density at radius 3 is 2.64 bits per heavy atom. The smallest absolute Gasteiger partial charge is 0.161 e. The minimum Gasteiger partial charge on any atom is -0.493 e. The number of nitrogens with two attached hydrogens (primary N) is 1. The van der Waals surface area contributed by atoms with Crippen molar-refractivity contribution in [2.24, 2.45) is 5.73 Å². The first-order chi connectivity index (χ1) is 12.2. The fraction of sp³-hybridized carbons (Fsp3) is 0.200. The lowest BCUT2D eigenvalue weighted by molar-refractivity contribution is 0.279. The average Bonchev–Trinajstić information content (AvgIpc) is 3.16. The molecule has 0 aliphatic carbocycles. The van der Waals surface area contributed by atoms with Crippen LogP contribution in [0.5, 0.6) is 11.5 Å². The second kappa shape index (κ2) is 8.14. The highest BCUT2D eigenvalue weighted by Crippen LogP contribution is 2.31. The lowest BCUT2D eigenvalue weighted by atomic mass is 10.0. The van der Waals surface area contributed by atoms with Crippen LogP contribution in [0.2, 0.25) is 0 Å². The molecule has 1 unspecified atom stereocenters. The molecule has 1 heterocycles. The third-order valence-corrected chi connectivity index (χ3v) is 4.94. The van der Waals surface area contributed by atoms with E-state index in [0.29, 0.717) is 23.5 Å². The van der Waals surface area contributed by atoms with E-state index >= 15 is 0 Å². The van der Waals surface area contributed by atoms with Crippen molar-refractivity contribution in [3.8, 4) is 11.5 Å². The Labute approximate surface area is 150 Å². The Bertz CT molecular complexity index is 820. The van der Waals surface area contributed by atoms with Crippen LogP contribution in [0.3, 0.4) is 0 Å². The van der Waals surface area contributed by atoms with Crippen LogP contribution in [-0.2, 0) is 13.0 Å². The van der Waals surface area contributed by atoms with Gasteiger partial charge in [-0.1, -0.05) is 30.3 Å². The maximum atomic E-state index is 13.7. The molecule has 3 rings (SSSR count). The predicted molar refractivity (Wildman–Crippen MR) is 98.7 cm³/mol. The van der Waals surface area contributed by atoms with E-state index < -0.39 is 0 Å². The van der Waals surface area contributed by atoms with Gasteiger partial charge in [-0.05, 0) is 41.6 Å². The molecule has 1 aromatic heterocycles. The summed E-state index contributed by atoms with van der Waals surface area (Å²) in [5.41, 5.74) is 7.82. The monoisotopic (exact) mass is 357 g/mol. The average molecular weight is 357 g/mol. The largest absolute Gasteiger partial charge is 0.493 e. The first-order valence-corrected chi connectivity index (χ1v) is 8.87. The van der Waals surface area contributed by atoms with Gasteiger partial charge in [-0.3, -0.25) is 0 Å². The molecule has 0 aliphatic rings. The van der Waals surface area contributed by atoms with Gasteiger partial charge in [0.25, 0.3) is 0 Å². The lowest BCUT2D eigenvalue weighted by Crippen LogP contribution is -2.11. The van der Waals surface area contributed by atoms with Crippen LogP contribution >= 0.6 is 11.3 Å². The number of halogens is 1. The molecule has 130 valence electrons. The number of hydrogen-bond acceptors (Lipinski definition) is 4. The summed E-state index contributed by atoms with van der Waals surface area (Å²) < 4.78 is 24.8. The van der Waals surface area contributed by atoms with E-state index in [4.69, 9.17) is 15.2 Å². The fourth-order valence-corrected chi connectivity index (χ4v) is 3.32. The van der Waals surface area contributed by atoms with Crippen molar-refractivity contribution in [3.05, 3.63) is 81.8 Å². The highest BCUT2D eigenvalue weighted by Gasteiger charge is 2.12. The molecule has 0 spiro atoms. The van der Waals surface area contributed by atoms with Crippen LogP contribution in [0, 0.1) is 5.82 Å². The third kappa shape index (κ3) is 4.38. The SMILES string of the molecule is COc1cc(CC(N)c2cccs2)ccc1OCc1ccccc1F. The van der Waals surface area contributed by atoms with E-state index in [1.165, 1.54) is 6.07 Å². The molecule has 1 atom stereocenters. The van der Waals surface area contributed by atoms with Gasteiger partial charge in [-0.2, -0.15) is 0 Å². The number of rotatable bonds is 7. The Hall–Kier alpha value is -2.37. The van der Waals surface area contributed by atoms with Crippen molar-refractivity contribution in [2.75, 3.05) is 7.11 Å². The number of ether oxygens (including phenoxy) is 2. The molecule has 0 saturated heterocycles. The summed E-state index contributed by atoms with van der Waals surface area (Å²) in [5, 5.41) is 2.02. The molecule has 3 nitrogen and oxygen atoms in total. The van der Waals surface area contributed by atoms with E-state index in [2.05, 4.69) is 0 Å². The number of benzene rings is 2. The van der Waals surface area contributed by atoms with Gasteiger partial charge >= 0.3 is 0 Å². The van der Waals surface area contributed by atoms with Crippen LogP contribution in [0.4, 0.5) is 4.39 Å². The Morgan fingerprint density at radius 2 is 1.92 bits per heavy atom. The highest BCUT2D eigenvalue weighted by molar-refractivity contribution is 7.10. The van der Waals surface area contributed by atoms with E-state index in [1.807, 2.05) is 35.7 Å². The number of methoxy groups -OCH3 is 1. The minimum atomic E-state index is -0.278. The van der Waals surface area contributed by atoms with E-state index in [1.54, 1.807) is 36.6 Å². The molecule has 3 aromatic rings. The van der Waals surface area contributed by atoms with Crippen molar-refractivity contribution in [1.82, 2.24) is 0 Å². The van der Waals surface area contributed by atoms with Crippen LogP contribution in [0.1, 0.15) is 22.0 Å². The molecular formula is C20H20FNO2S. The van der Waals surface area contributed by atoms with Crippen molar-refractivity contribution in [1.29, 1.82) is 0 Å². The van der Waals surface area contributed by atoms with Crippen LogP contribution in [-0.4, -0.2) is 7.11 Å². The minimum absolute atomic E-state index is 0.0464. The molecule has 25 heavy (non-hydrogen) atoms. The standard InChI is InChI=1S/C20H20FNO2S/c1-23-19-12-14(11-17(22)20-7-4-10-25-20)8-9-18(19)24-13-15-5-2-3-6-16(15)21/h2-10,12,17H,11,13,22H2,1H3. The third-order valence-electron chi connectivity index (χ3n) is 3.93. The molecule has 2 N–H and O–H groups in total. The summed E-state index contributed by atoms with van der Waals surface area (Å²) in [4.78, 5) is 1.15. The summed E-state index contributed by atoms with van der Waals surface area (Å²) in [6, 6.07) is 16.3. The molecular weight excluding hydrogens is 337 g/mol. The van der Waals surface area contributed by atoms with Crippen molar-refractivity contribution < 1.29 is 13.9 Å². The predicted octanol–water partition coefficient (Wildman–Crippen LogP) is 4.72. The van der Waals surface area contributed by atoms with Crippen molar-refractivity contribution in [2.45, 2.75) is 19.1 Å². The Balaban J connectivity index is 1.70. The second-order valence-electron chi connectivity index (χ2n) is 5.69. The van der Waals surface area contributed by atoms with Gasteiger partial charge in [0.1, 0.15) is 12.4 Å². The molecule has 0 fully saturated rings. The fourth-order valence-electron chi connectivity index (χ4n) is 2.59. The normalized spacial score (nSPS) is 12.0. The molecule has 0 amide bonds. The van der Waals surface area contributed by atoms with Gasteiger partial charge in [0, 0.05) is 16.5 Å². The summed E-state index contributed by atoms with van der Waals surface area (Å²) in [7, 11) is 1.59. The van der Waals surface area contributed by atoms with Crippen LogP contribution in [0.15, 0.2) is 60.0 Å². The van der Waals surface area contributed by atoms with Gasteiger partial charge < -0.3 is 15.2 Å². The maximum absolute atomic E-state index is 13.7. The molecule has 2 aromatic carbocycles. The maximum Gasteiger partial charge on any atom is 0.161 e. The zero-order chi connectivity index (χ0) is 17.6. The summed E-state index contributed by atoms with van der Waals surface area (Å²) in [6.45, 7) is 0.150. The zero-order valence-corrected chi connectivity index (χ0v) is 14.8. The molecule has 5 heteroatoms. The quantitative estimate of drug-likeness (QED) is 0.665. The Kier molecular flexibility index (Phi) is 5.68. The van der Waals surface area contributed by atoms with Gasteiger partial charge in [-0.25, -0.2) is 4.39 Å². The Morgan fingerprint density at radius 1 is 1.08 bits per heavy atom. The number of hydrogen-bond donors (Lipinski definition) is 1. The topological polar surface area (TPSA) is 44.5 Å². The van der Waals surface area contributed by atoms with Gasteiger partial charge in [0.05, 0.1) is 7.11 Å². The van der Waals surface area contributed by atoms with E-state index in [9.17, 15) is 4.39 Å². The van der Waals surface area contributed by atoms with Crippen LogP contribution < -0.4 is 15.2 Å². The zero-order valence-electron chi connectivity index (χ0n) is 13.9. The van der Waals surface area contributed by atoms with Crippen LogP contribution in [0.25, 0.3) is 0 Å². The first-order valence-electron chi connectivity index (χ1n) is 7.99. The van der Waals surface area contributed by atoms with Gasteiger partial charge in [-0.15, -0.1) is 11.3 Å². The molecule has 0 bridgehead atoms. The molecule has 0 radical (unpaired) electrons. The first kappa shape index (κ1) is 17.5. The summed E-state index contributed by atoms with van der Waals surface area (Å²) in [6.07, 6.45) is 0.713.